The first-order valence-electron chi connectivity index (χ1n) is 5.88. The highest BCUT2D eigenvalue weighted by Crippen LogP contribution is 2.18. The topological polar surface area (TPSA) is 55.1 Å². The van der Waals surface area contributed by atoms with Crippen LogP contribution in [0.2, 0.25) is 0 Å². The van der Waals surface area contributed by atoms with E-state index in [2.05, 4.69) is 5.32 Å². The molecule has 0 radical (unpaired) electrons. The summed E-state index contributed by atoms with van der Waals surface area (Å²) in [5.74, 6) is -0.832. The Morgan fingerprint density at radius 3 is 2.05 bits per heavy atom. The Labute approximate surface area is 117 Å². The number of hydrogen-bond acceptors (Lipinski definition) is 2. The van der Waals surface area contributed by atoms with Gasteiger partial charge in [0.2, 0.25) is 5.91 Å². The van der Waals surface area contributed by atoms with E-state index in [4.69, 9.17) is 18.0 Å². The molecule has 3 nitrogen and oxygen atoms in total. The molecule has 2 aromatic carbocycles. The third kappa shape index (κ3) is 3.39. The average molecular weight is 270 g/mol. The van der Waals surface area contributed by atoms with Crippen LogP contribution in [0.5, 0.6) is 0 Å². The summed E-state index contributed by atoms with van der Waals surface area (Å²) in [5.41, 5.74) is 7.22. The number of nitrogens with two attached hydrogens (primary N) is 1. The molecule has 1 amide bonds. The molecule has 2 rings (SSSR count). The molecule has 0 aliphatic rings. The number of nitrogens with one attached hydrogen (secondary N) is 1. The van der Waals surface area contributed by atoms with Gasteiger partial charge >= 0.3 is 0 Å². The van der Waals surface area contributed by atoms with Crippen LogP contribution in [-0.4, -0.2) is 10.9 Å². The molecule has 0 aromatic heterocycles. The monoisotopic (exact) mass is 270 g/mol. The number of anilines is 1. The second-order valence-corrected chi connectivity index (χ2v) is 4.57. The first-order chi connectivity index (χ1) is 9.18. The third-order valence-electron chi connectivity index (χ3n) is 2.72. The molecule has 0 saturated carbocycles. The summed E-state index contributed by atoms with van der Waals surface area (Å²) in [5, 5.41) is 2.82. The lowest BCUT2D eigenvalue weighted by Crippen LogP contribution is -2.31. The Balaban J connectivity index is 2.21. The Bertz CT molecular complexity index is 569. The summed E-state index contributed by atoms with van der Waals surface area (Å²) in [4.78, 5) is 12.4. The van der Waals surface area contributed by atoms with Crippen molar-refractivity contribution in [3.63, 3.8) is 0 Å². The molecule has 0 saturated heterocycles. The zero-order valence-electron chi connectivity index (χ0n) is 10.2. The first-order valence-corrected chi connectivity index (χ1v) is 6.29. The van der Waals surface area contributed by atoms with Gasteiger partial charge in [-0.1, -0.05) is 60.7 Å². The van der Waals surface area contributed by atoms with E-state index in [1.54, 1.807) is 0 Å². The fraction of sp³-hybridized carbons (Fsp3) is 0.0667. The summed E-state index contributed by atoms with van der Waals surface area (Å²) in [6.07, 6.45) is 0. The number of hydrogen-bond donors (Lipinski definition) is 2. The van der Waals surface area contributed by atoms with Crippen LogP contribution in [0.1, 0.15) is 11.5 Å². The van der Waals surface area contributed by atoms with Gasteiger partial charge in [-0.05, 0) is 17.7 Å². The molecule has 2 aromatic rings. The quantitative estimate of drug-likeness (QED) is 0.840. The van der Waals surface area contributed by atoms with Crippen molar-refractivity contribution in [3.8, 4) is 0 Å². The molecule has 19 heavy (non-hydrogen) atoms. The van der Waals surface area contributed by atoms with Gasteiger partial charge in [-0.25, -0.2) is 0 Å². The van der Waals surface area contributed by atoms with Crippen molar-refractivity contribution in [2.24, 2.45) is 5.73 Å². The molecule has 0 fully saturated rings. The number of carbonyl (C=O) groups is 1. The van der Waals surface area contributed by atoms with Crippen LogP contribution < -0.4 is 11.1 Å². The predicted molar refractivity (Wildman–Crippen MR) is 81.0 cm³/mol. The van der Waals surface area contributed by atoms with Crippen molar-refractivity contribution in [3.05, 3.63) is 66.2 Å². The second kappa shape index (κ2) is 6.11. The first kappa shape index (κ1) is 13.2. The van der Waals surface area contributed by atoms with E-state index in [0.717, 1.165) is 11.3 Å². The van der Waals surface area contributed by atoms with Crippen LogP contribution in [0.15, 0.2) is 60.7 Å². The molecule has 3 N–H and O–H groups in total. The molecule has 96 valence electrons. The van der Waals surface area contributed by atoms with Gasteiger partial charge in [-0.2, -0.15) is 0 Å². The highest BCUT2D eigenvalue weighted by atomic mass is 32.1. The molecule has 0 bridgehead atoms. The molecule has 4 heteroatoms. The van der Waals surface area contributed by atoms with Crippen LogP contribution in [-0.2, 0) is 4.79 Å². The Morgan fingerprint density at radius 2 is 1.53 bits per heavy atom. The molecule has 0 heterocycles. The zero-order valence-corrected chi connectivity index (χ0v) is 11.1. The number of para-hydroxylation sites is 1. The highest BCUT2D eigenvalue weighted by Gasteiger charge is 2.23. The van der Waals surface area contributed by atoms with Crippen molar-refractivity contribution in [1.82, 2.24) is 0 Å². The highest BCUT2D eigenvalue weighted by molar-refractivity contribution is 7.80. The Morgan fingerprint density at radius 1 is 1.00 bits per heavy atom. The maximum Gasteiger partial charge on any atom is 0.238 e. The number of thiocarbonyl (C=S) groups is 1. The SMILES string of the molecule is NC(=S)C(C(=O)Nc1ccccc1)c1ccccc1. The number of carbonyl (C=O) groups excluding carboxylic acids is 1. The Hall–Kier alpha value is -2.20. The van der Waals surface area contributed by atoms with Crippen molar-refractivity contribution >= 4 is 28.8 Å². The van der Waals surface area contributed by atoms with Crippen molar-refractivity contribution in [1.29, 1.82) is 0 Å². The van der Waals surface area contributed by atoms with Crippen molar-refractivity contribution in [2.75, 3.05) is 5.32 Å². The van der Waals surface area contributed by atoms with Gasteiger partial charge in [0.25, 0.3) is 0 Å². The van der Waals surface area contributed by atoms with Gasteiger partial charge < -0.3 is 11.1 Å². The lowest BCUT2D eigenvalue weighted by molar-refractivity contribution is -0.116. The Kier molecular flexibility index (Phi) is 4.26. The maximum absolute atomic E-state index is 12.3. The summed E-state index contributed by atoms with van der Waals surface area (Å²) >= 11 is 5.01. The van der Waals surface area contributed by atoms with E-state index in [9.17, 15) is 4.79 Å². The number of benzene rings is 2. The molecule has 0 aliphatic heterocycles. The van der Waals surface area contributed by atoms with Gasteiger partial charge in [-0.15, -0.1) is 0 Å². The van der Waals surface area contributed by atoms with Crippen molar-refractivity contribution < 1.29 is 4.79 Å². The standard InChI is InChI=1S/C15H14N2OS/c16-14(19)13(11-7-3-1-4-8-11)15(18)17-12-9-5-2-6-10-12/h1-10,13H,(H2,16,19)(H,17,18). The summed E-state index contributed by atoms with van der Waals surface area (Å²) in [6, 6.07) is 18.5. The smallest absolute Gasteiger partial charge is 0.238 e. The minimum Gasteiger partial charge on any atom is -0.392 e. The molecule has 0 aliphatic carbocycles. The van der Waals surface area contributed by atoms with Crippen LogP contribution in [0.25, 0.3) is 0 Å². The fourth-order valence-electron chi connectivity index (χ4n) is 1.83. The zero-order chi connectivity index (χ0) is 13.7. The van der Waals surface area contributed by atoms with Gasteiger partial charge in [0.15, 0.2) is 0 Å². The summed E-state index contributed by atoms with van der Waals surface area (Å²) in [6.45, 7) is 0. The van der Waals surface area contributed by atoms with Crippen LogP contribution in [0.3, 0.4) is 0 Å². The van der Waals surface area contributed by atoms with Gasteiger partial charge in [0.05, 0.1) is 4.99 Å². The molecular weight excluding hydrogens is 256 g/mol. The minimum atomic E-state index is -0.614. The maximum atomic E-state index is 12.3. The fourth-order valence-corrected chi connectivity index (χ4v) is 2.07. The molecule has 0 spiro atoms. The van der Waals surface area contributed by atoms with Gasteiger partial charge in [-0.3, -0.25) is 4.79 Å². The van der Waals surface area contributed by atoms with E-state index < -0.39 is 5.92 Å². The van der Waals surface area contributed by atoms with Gasteiger partial charge in [0.1, 0.15) is 5.92 Å². The lowest BCUT2D eigenvalue weighted by Gasteiger charge is -2.15. The second-order valence-electron chi connectivity index (χ2n) is 4.10. The van der Waals surface area contributed by atoms with Crippen LogP contribution in [0, 0.1) is 0 Å². The number of rotatable bonds is 4. The summed E-state index contributed by atoms with van der Waals surface area (Å²) in [7, 11) is 0. The number of amides is 1. The van der Waals surface area contributed by atoms with E-state index in [-0.39, 0.29) is 10.9 Å². The van der Waals surface area contributed by atoms with E-state index in [1.807, 2.05) is 60.7 Å². The molecular formula is C15H14N2OS. The largest absolute Gasteiger partial charge is 0.392 e. The third-order valence-corrected chi connectivity index (χ3v) is 2.96. The van der Waals surface area contributed by atoms with E-state index >= 15 is 0 Å². The van der Waals surface area contributed by atoms with Crippen LogP contribution >= 0.6 is 12.2 Å². The minimum absolute atomic E-state index is 0.166. The molecule has 1 atom stereocenters. The normalized spacial score (nSPS) is 11.6. The van der Waals surface area contributed by atoms with Crippen molar-refractivity contribution in [2.45, 2.75) is 5.92 Å². The molecule has 1 unspecified atom stereocenters. The lowest BCUT2D eigenvalue weighted by atomic mass is 9.98. The van der Waals surface area contributed by atoms with E-state index in [0.29, 0.717) is 0 Å². The summed E-state index contributed by atoms with van der Waals surface area (Å²) < 4.78 is 0. The average Bonchev–Trinajstić information content (AvgIpc) is 2.40. The van der Waals surface area contributed by atoms with Crippen LogP contribution in [0.4, 0.5) is 5.69 Å². The predicted octanol–water partition coefficient (Wildman–Crippen LogP) is 2.70. The van der Waals surface area contributed by atoms with E-state index in [1.165, 1.54) is 0 Å². The van der Waals surface area contributed by atoms with Gasteiger partial charge in [0, 0.05) is 5.69 Å².